The van der Waals surface area contributed by atoms with E-state index in [1.807, 2.05) is 0 Å². The van der Waals surface area contributed by atoms with Gasteiger partial charge in [0.2, 0.25) is 0 Å². The fraction of sp³-hybridized carbons (Fsp3) is 0.533. The molecule has 2 amide bonds. The topological polar surface area (TPSA) is 58.4 Å². The highest BCUT2D eigenvalue weighted by Crippen LogP contribution is 2.34. The van der Waals surface area contributed by atoms with E-state index in [1.54, 1.807) is 4.90 Å². The Labute approximate surface area is 114 Å². The normalized spacial score (nSPS) is 22.7. The van der Waals surface area contributed by atoms with E-state index in [1.165, 1.54) is 17.5 Å². The van der Waals surface area contributed by atoms with Crippen molar-refractivity contribution in [1.82, 2.24) is 10.2 Å². The number of hydrogen-bond donors (Lipinski definition) is 2. The number of likely N-dealkylation sites (tertiary alicyclic amines) is 1. The molecule has 1 heterocycles. The van der Waals surface area contributed by atoms with Gasteiger partial charge in [-0.15, -0.1) is 0 Å². The first-order valence-corrected chi connectivity index (χ1v) is 7.09. The number of benzene rings is 1. The molecule has 1 aromatic carbocycles. The quantitative estimate of drug-likeness (QED) is 0.863. The number of hydrogen-bond acceptors (Lipinski definition) is 2. The van der Waals surface area contributed by atoms with Crippen LogP contribution in [0.5, 0.6) is 0 Å². The zero-order valence-electron chi connectivity index (χ0n) is 11.1. The van der Waals surface area contributed by atoms with Gasteiger partial charge in [0, 0.05) is 31.6 Å². The standard InChI is InChI=1S/C15H21N3O/c16-15(19)18-7-5-13(6-8-18)17-10-12-9-11-3-1-2-4-14(11)12/h1-4,12-13,17H,5-10H2,(H2,16,19). The molecule has 1 unspecified atom stereocenters. The Balaban J connectivity index is 1.44. The van der Waals surface area contributed by atoms with Gasteiger partial charge in [0.15, 0.2) is 0 Å². The second kappa shape index (κ2) is 5.21. The number of amides is 2. The van der Waals surface area contributed by atoms with E-state index >= 15 is 0 Å². The average molecular weight is 259 g/mol. The van der Waals surface area contributed by atoms with Gasteiger partial charge < -0.3 is 16.0 Å². The lowest BCUT2D eigenvalue weighted by Gasteiger charge is -2.35. The van der Waals surface area contributed by atoms with E-state index in [2.05, 4.69) is 29.6 Å². The third kappa shape index (κ3) is 2.59. The predicted molar refractivity (Wildman–Crippen MR) is 75.1 cm³/mol. The van der Waals surface area contributed by atoms with Gasteiger partial charge in [-0.2, -0.15) is 0 Å². The van der Waals surface area contributed by atoms with Gasteiger partial charge in [-0.3, -0.25) is 0 Å². The fourth-order valence-electron chi connectivity index (χ4n) is 3.16. The molecule has 1 saturated heterocycles. The van der Waals surface area contributed by atoms with Crippen LogP contribution in [-0.4, -0.2) is 36.6 Å². The zero-order valence-corrected chi connectivity index (χ0v) is 11.1. The SMILES string of the molecule is NC(=O)N1CCC(NCC2Cc3ccccc32)CC1. The van der Waals surface area contributed by atoms with Crippen LogP contribution in [0.25, 0.3) is 0 Å². The number of rotatable bonds is 3. The van der Waals surface area contributed by atoms with Crippen LogP contribution in [0.2, 0.25) is 0 Å². The van der Waals surface area contributed by atoms with Crippen molar-refractivity contribution in [3.05, 3.63) is 35.4 Å². The molecular formula is C15H21N3O. The molecule has 0 spiro atoms. The van der Waals surface area contributed by atoms with Crippen molar-refractivity contribution >= 4 is 6.03 Å². The van der Waals surface area contributed by atoms with Crippen molar-refractivity contribution in [2.24, 2.45) is 5.73 Å². The minimum absolute atomic E-state index is 0.286. The Hall–Kier alpha value is -1.55. The molecule has 1 aliphatic heterocycles. The number of nitrogens with two attached hydrogens (primary N) is 1. The molecule has 1 fully saturated rings. The Bertz CT molecular complexity index is 466. The zero-order chi connectivity index (χ0) is 13.2. The lowest BCUT2D eigenvalue weighted by Crippen LogP contribution is -2.47. The van der Waals surface area contributed by atoms with E-state index in [-0.39, 0.29) is 6.03 Å². The molecule has 1 aromatic rings. The number of urea groups is 1. The highest BCUT2D eigenvalue weighted by Gasteiger charge is 2.27. The van der Waals surface area contributed by atoms with Crippen molar-refractivity contribution in [1.29, 1.82) is 0 Å². The van der Waals surface area contributed by atoms with Crippen LogP contribution in [-0.2, 0) is 6.42 Å². The number of piperidine rings is 1. The Morgan fingerprint density at radius 2 is 2.05 bits per heavy atom. The van der Waals surface area contributed by atoms with Crippen LogP contribution < -0.4 is 11.1 Å². The van der Waals surface area contributed by atoms with Gasteiger partial charge in [0.25, 0.3) is 0 Å². The summed E-state index contributed by atoms with van der Waals surface area (Å²) in [5, 5.41) is 3.65. The van der Waals surface area contributed by atoms with Crippen LogP contribution in [0.4, 0.5) is 4.79 Å². The molecule has 0 radical (unpaired) electrons. The molecule has 19 heavy (non-hydrogen) atoms. The van der Waals surface area contributed by atoms with Crippen LogP contribution in [0, 0.1) is 0 Å². The van der Waals surface area contributed by atoms with Crippen LogP contribution in [0.1, 0.15) is 29.9 Å². The first kappa shape index (κ1) is 12.5. The largest absolute Gasteiger partial charge is 0.351 e. The third-order valence-electron chi connectivity index (χ3n) is 4.42. The molecule has 1 aliphatic carbocycles. The van der Waals surface area contributed by atoms with Gasteiger partial charge in [-0.1, -0.05) is 24.3 Å². The summed E-state index contributed by atoms with van der Waals surface area (Å²) >= 11 is 0. The maximum Gasteiger partial charge on any atom is 0.314 e. The summed E-state index contributed by atoms with van der Waals surface area (Å²) in [6.07, 6.45) is 3.22. The summed E-state index contributed by atoms with van der Waals surface area (Å²) < 4.78 is 0. The van der Waals surface area contributed by atoms with Crippen molar-refractivity contribution in [2.75, 3.05) is 19.6 Å². The summed E-state index contributed by atoms with van der Waals surface area (Å²) in [6, 6.07) is 8.94. The smallest absolute Gasteiger partial charge is 0.314 e. The minimum atomic E-state index is -0.286. The Morgan fingerprint density at radius 3 is 2.74 bits per heavy atom. The maximum absolute atomic E-state index is 11.0. The molecule has 0 saturated carbocycles. The fourth-order valence-corrected chi connectivity index (χ4v) is 3.16. The van der Waals surface area contributed by atoms with Crippen LogP contribution in [0.15, 0.2) is 24.3 Å². The molecule has 102 valence electrons. The maximum atomic E-state index is 11.0. The van der Waals surface area contributed by atoms with Crippen LogP contribution in [0.3, 0.4) is 0 Å². The van der Waals surface area contributed by atoms with Gasteiger partial charge >= 0.3 is 6.03 Å². The Kier molecular flexibility index (Phi) is 3.42. The molecule has 2 aliphatic rings. The highest BCUT2D eigenvalue weighted by atomic mass is 16.2. The predicted octanol–water partition coefficient (Wildman–Crippen LogP) is 1.46. The van der Waals surface area contributed by atoms with E-state index in [0.717, 1.165) is 32.5 Å². The minimum Gasteiger partial charge on any atom is -0.351 e. The van der Waals surface area contributed by atoms with E-state index < -0.39 is 0 Å². The molecule has 4 nitrogen and oxygen atoms in total. The number of carbonyl (C=O) groups is 1. The van der Waals surface area contributed by atoms with Gasteiger partial charge in [0.1, 0.15) is 0 Å². The van der Waals surface area contributed by atoms with Gasteiger partial charge in [0.05, 0.1) is 0 Å². The summed E-state index contributed by atoms with van der Waals surface area (Å²) in [5.41, 5.74) is 8.29. The van der Waals surface area contributed by atoms with E-state index in [0.29, 0.717) is 12.0 Å². The summed E-state index contributed by atoms with van der Waals surface area (Å²) in [6.45, 7) is 2.63. The lowest BCUT2D eigenvalue weighted by molar-refractivity contribution is 0.184. The van der Waals surface area contributed by atoms with Crippen LogP contribution >= 0.6 is 0 Å². The van der Waals surface area contributed by atoms with E-state index in [9.17, 15) is 4.79 Å². The molecule has 0 aromatic heterocycles. The first-order valence-electron chi connectivity index (χ1n) is 7.09. The monoisotopic (exact) mass is 259 g/mol. The van der Waals surface area contributed by atoms with Crippen molar-refractivity contribution in [3.63, 3.8) is 0 Å². The van der Waals surface area contributed by atoms with Gasteiger partial charge in [-0.05, 0) is 30.4 Å². The average Bonchev–Trinajstić information content (AvgIpc) is 2.40. The van der Waals surface area contributed by atoms with Crippen molar-refractivity contribution in [3.8, 4) is 0 Å². The number of carbonyl (C=O) groups excluding carboxylic acids is 1. The second-order valence-corrected chi connectivity index (χ2v) is 5.61. The summed E-state index contributed by atoms with van der Waals surface area (Å²) in [5.74, 6) is 0.672. The number of nitrogens with one attached hydrogen (secondary N) is 1. The highest BCUT2D eigenvalue weighted by molar-refractivity contribution is 5.72. The molecule has 0 bridgehead atoms. The van der Waals surface area contributed by atoms with Gasteiger partial charge in [-0.25, -0.2) is 4.79 Å². The summed E-state index contributed by atoms with van der Waals surface area (Å²) in [7, 11) is 0. The molecular weight excluding hydrogens is 238 g/mol. The number of primary amides is 1. The number of fused-ring (bicyclic) bond motifs is 1. The summed E-state index contributed by atoms with van der Waals surface area (Å²) in [4.78, 5) is 12.8. The first-order chi connectivity index (χ1) is 9.24. The Morgan fingerprint density at radius 1 is 1.32 bits per heavy atom. The molecule has 3 N–H and O–H groups in total. The van der Waals surface area contributed by atoms with Crippen molar-refractivity contribution < 1.29 is 4.79 Å². The molecule has 4 heteroatoms. The van der Waals surface area contributed by atoms with Crippen molar-refractivity contribution in [2.45, 2.75) is 31.2 Å². The third-order valence-corrected chi connectivity index (χ3v) is 4.42. The second-order valence-electron chi connectivity index (χ2n) is 5.61. The van der Waals surface area contributed by atoms with E-state index in [4.69, 9.17) is 5.73 Å². The molecule has 3 rings (SSSR count). The molecule has 1 atom stereocenters. The number of nitrogens with zero attached hydrogens (tertiary/aromatic N) is 1. The lowest BCUT2D eigenvalue weighted by atomic mass is 9.77.